The van der Waals surface area contributed by atoms with Crippen molar-refractivity contribution in [2.75, 3.05) is 33.7 Å². The molecule has 0 aliphatic heterocycles. The van der Waals surface area contributed by atoms with Crippen LogP contribution >= 0.6 is 0 Å². The normalized spacial score (nSPS) is 26.4. The molecular formula is C12H27N3. The average molecular weight is 213 g/mol. The van der Waals surface area contributed by atoms with Gasteiger partial charge in [0.05, 0.1) is 0 Å². The third kappa shape index (κ3) is 4.49. The number of nitrogens with two attached hydrogens (primary N) is 1. The van der Waals surface area contributed by atoms with Gasteiger partial charge < -0.3 is 10.6 Å². The number of rotatable bonds is 6. The van der Waals surface area contributed by atoms with Gasteiger partial charge in [0, 0.05) is 31.7 Å². The Morgan fingerprint density at radius 2 is 1.80 bits per heavy atom. The highest BCUT2D eigenvalue weighted by molar-refractivity contribution is 4.90. The number of likely N-dealkylation sites (N-methyl/N-ethyl adjacent to an activating group) is 1. The lowest BCUT2D eigenvalue weighted by atomic mass is 9.86. The highest BCUT2D eigenvalue weighted by Crippen LogP contribution is 2.24. The van der Waals surface area contributed by atoms with Crippen molar-refractivity contribution in [2.45, 2.75) is 38.8 Å². The van der Waals surface area contributed by atoms with Gasteiger partial charge in [0.15, 0.2) is 0 Å². The average Bonchev–Trinajstić information content (AvgIpc) is 2.06. The topological polar surface area (TPSA) is 32.5 Å². The van der Waals surface area contributed by atoms with E-state index >= 15 is 0 Å². The maximum absolute atomic E-state index is 5.86. The molecule has 90 valence electrons. The third-order valence-corrected chi connectivity index (χ3v) is 3.10. The first-order chi connectivity index (χ1) is 6.99. The van der Waals surface area contributed by atoms with Crippen LogP contribution < -0.4 is 5.73 Å². The fourth-order valence-electron chi connectivity index (χ4n) is 2.15. The van der Waals surface area contributed by atoms with Gasteiger partial charge in [0.2, 0.25) is 0 Å². The smallest absolute Gasteiger partial charge is 0.0125 e. The van der Waals surface area contributed by atoms with Crippen molar-refractivity contribution < 1.29 is 0 Å². The Bertz CT molecular complexity index is 174. The first kappa shape index (κ1) is 12.9. The summed E-state index contributed by atoms with van der Waals surface area (Å²) in [5, 5.41) is 0. The fourth-order valence-corrected chi connectivity index (χ4v) is 2.15. The Morgan fingerprint density at radius 3 is 2.20 bits per heavy atom. The van der Waals surface area contributed by atoms with Crippen molar-refractivity contribution in [3.8, 4) is 0 Å². The lowest BCUT2D eigenvalue weighted by molar-refractivity contribution is 0.0905. The van der Waals surface area contributed by atoms with E-state index in [0.29, 0.717) is 6.04 Å². The second-order valence-electron chi connectivity index (χ2n) is 5.58. The minimum absolute atomic E-state index is 0.462. The molecule has 0 aromatic heterocycles. The predicted octanol–water partition coefficient (Wildman–Crippen LogP) is 0.996. The molecule has 0 unspecified atom stereocenters. The van der Waals surface area contributed by atoms with Crippen LogP contribution in [0.1, 0.15) is 26.7 Å². The van der Waals surface area contributed by atoms with E-state index in [1.165, 1.54) is 25.9 Å². The summed E-state index contributed by atoms with van der Waals surface area (Å²) in [7, 11) is 4.28. The molecule has 1 rings (SSSR count). The van der Waals surface area contributed by atoms with Crippen LogP contribution in [0.25, 0.3) is 0 Å². The Balaban J connectivity index is 2.32. The molecule has 15 heavy (non-hydrogen) atoms. The Hall–Kier alpha value is -0.120. The Morgan fingerprint density at radius 1 is 1.20 bits per heavy atom. The SMILES string of the molecule is CC(C)CN(CCN(C)C)C1CC(N)C1. The molecular weight excluding hydrogens is 186 g/mol. The lowest BCUT2D eigenvalue weighted by Crippen LogP contribution is -2.52. The number of hydrogen-bond acceptors (Lipinski definition) is 3. The Labute approximate surface area is 94.6 Å². The molecule has 1 aliphatic carbocycles. The maximum Gasteiger partial charge on any atom is 0.0125 e. The van der Waals surface area contributed by atoms with E-state index in [1.54, 1.807) is 0 Å². The standard InChI is InChI=1S/C12H27N3/c1-10(2)9-15(6-5-14(3)4)12-7-11(13)8-12/h10-12H,5-9,13H2,1-4H3. The van der Waals surface area contributed by atoms with Gasteiger partial charge in [-0.2, -0.15) is 0 Å². The molecule has 0 spiro atoms. The van der Waals surface area contributed by atoms with Gasteiger partial charge in [-0.15, -0.1) is 0 Å². The van der Waals surface area contributed by atoms with Gasteiger partial charge >= 0.3 is 0 Å². The monoisotopic (exact) mass is 213 g/mol. The summed E-state index contributed by atoms with van der Waals surface area (Å²) in [5.41, 5.74) is 5.86. The second kappa shape index (κ2) is 5.83. The minimum atomic E-state index is 0.462. The highest BCUT2D eigenvalue weighted by atomic mass is 15.2. The summed E-state index contributed by atoms with van der Waals surface area (Å²) in [6, 6.07) is 1.21. The van der Waals surface area contributed by atoms with Gasteiger partial charge in [-0.05, 0) is 32.9 Å². The first-order valence-corrected chi connectivity index (χ1v) is 6.13. The van der Waals surface area contributed by atoms with E-state index < -0.39 is 0 Å². The fraction of sp³-hybridized carbons (Fsp3) is 1.00. The zero-order valence-corrected chi connectivity index (χ0v) is 10.7. The quantitative estimate of drug-likeness (QED) is 0.714. The molecule has 0 saturated heterocycles. The first-order valence-electron chi connectivity index (χ1n) is 6.13. The Kier molecular flexibility index (Phi) is 5.03. The van der Waals surface area contributed by atoms with Gasteiger partial charge in [0.25, 0.3) is 0 Å². The van der Waals surface area contributed by atoms with E-state index in [1.807, 2.05) is 0 Å². The van der Waals surface area contributed by atoms with Gasteiger partial charge in [-0.25, -0.2) is 0 Å². The van der Waals surface area contributed by atoms with Crippen molar-refractivity contribution >= 4 is 0 Å². The lowest BCUT2D eigenvalue weighted by Gasteiger charge is -2.42. The molecule has 0 bridgehead atoms. The molecule has 0 radical (unpaired) electrons. The second-order valence-corrected chi connectivity index (χ2v) is 5.58. The molecule has 1 aliphatic rings. The summed E-state index contributed by atoms with van der Waals surface area (Å²) in [4.78, 5) is 4.87. The van der Waals surface area contributed by atoms with E-state index in [4.69, 9.17) is 5.73 Å². The van der Waals surface area contributed by atoms with Crippen molar-refractivity contribution in [1.29, 1.82) is 0 Å². The van der Waals surface area contributed by atoms with Crippen LogP contribution in [-0.2, 0) is 0 Å². The maximum atomic E-state index is 5.86. The summed E-state index contributed by atoms with van der Waals surface area (Å²) < 4.78 is 0. The van der Waals surface area contributed by atoms with Gasteiger partial charge in [0.1, 0.15) is 0 Å². The van der Waals surface area contributed by atoms with Crippen LogP contribution in [0.4, 0.5) is 0 Å². The summed E-state index contributed by atoms with van der Waals surface area (Å²) >= 11 is 0. The van der Waals surface area contributed by atoms with Crippen LogP contribution in [0.15, 0.2) is 0 Å². The highest BCUT2D eigenvalue weighted by Gasteiger charge is 2.31. The molecule has 0 heterocycles. The molecule has 3 heteroatoms. The summed E-state index contributed by atoms with van der Waals surface area (Å²) in [6.45, 7) is 8.13. The van der Waals surface area contributed by atoms with Gasteiger partial charge in [-0.3, -0.25) is 4.90 Å². The zero-order chi connectivity index (χ0) is 11.4. The number of hydrogen-bond donors (Lipinski definition) is 1. The van der Waals surface area contributed by atoms with Crippen molar-refractivity contribution in [1.82, 2.24) is 9.80 Å². The largest absolute Gasteiger partial charge is 0.328 e. The van der Waals surface area contributed by atoms with Crippen LogP contribution in [0.5, 0.6) is 0 Å². The van der Waals surface area contributed by atoms with Gasteiger partial charge in [-0.1, -0.05) is 13.8 Å². The molecule has 0 aromatic carbocycles. The number of nitrogens with zero attached hydrogens (tertiary/aromatic N) is 2. The molecule has 1 fully saturated rings. The molecule has 1 saturated carbocycles. The van der Waals surface area contributed by atoms with E-state index in [0.717, 1.165) is 18.5 Å². The molecule has 0 atom stereocenters. The minimum Gasteiger partial charge on any atom is -0.328 e. The van der Waals surface area contributed by atoms with Crippen LogP contribution in [0.3, 0.4) is 0 Å². The van der Waals surface area contributed by atoms with E-state index in [9.17, 15) is 0 Å². The van der Waals surface area contributed by atoms with E-state index in [2.05, 4.69) is 37.7 Å². The van der Waals surface area contributed by atoms with Crippen molar-refractivity contribution in [3.05, 3.63) is 0 Å². The zero-order valence-electron chi connectivity index (χ0n) is 10.7. The summed E-state index contributed by atoms with van der Waals surface area (Å²) in [6.07, 6.45) is 2.39. The summed E-state index contributed by atoms with van der Waals surface area (Å²) in [5.74, 6) is 0.754. The van der Waals surface area contributed by atoms with Crippen LogP contribution in [0.2, 0.25) is 0 Å². The molecule has 2 N–H and O–H groups in total. The van der Waals surface area contributed by atoms with Crippen LogP contribution in [0, 0.1) is 5.92 Å². The van der Waals surface area contributed by atoms with E-state index in [-0.39, 0.29) is 0 Å². The third-order valence-electron chi connectivity index (χ3n) is 3.10. The molecule has 0 amide bonds. The predicted molar refractivity (Wildman–Crippen MR) is 66.0 cm³/mol. The van der Waals surface area contributed by atoms with Crippen LogP contribution in [-0.4, -0.2) is 55.6 Å². The van der Waals surface area contributed by atoms with Crippen molar-refractivity contribution in [3.63, 3.8) is 0 Å². The molecule has 0 aromatic rings. The van der Waals surface area contributed by atoms with Crippen molar-refractivity contribution in [2.24, 2.45) is 11.7 Å². The molecule has 3 nitrogen and oxygen atoms in total.